The van der Waals surface area contributed by atoms with Crippen LogP contribution in [0.5, 0.6) is 5.75 Å². The largest absolute Gasteiger partial charge is 0.485 e. The Bertz CT molecular complexity index is 1550. The number of pyridine rings is 2. The summed E-state index contributed by atoms with van der Waals surface area (Å²) in [6.45, 7) is 2.73. The summed E-state index contributed by atoms with van der Waals surface area (Å²) in [4.78, 5) is 35.4. The molecule has 2 amide bonds. The first-order chi connectivity index (χ1) is 18.4. The quantitative estimate of drug-likeness (QED) is 0.314. The molecule has 1 unspecified atom stereocenters. The number of aromatic nitrogens is 2. The Morgan fingerprint density at radius 2 is 1.84 bits per heavy atom. The third-order valence-corrected chi connectivity index (χ3v) is 6.76. The van der Waals surface area contributed by atoms with Gasteiger partial charge in [0.1, 0.15) is 17.7 Å². The fraction of sp³-hybridized carbons (Fsp3) is 0.172. The molecule has 0 spiro atoms. The van der Waals surface area contributed by atoms with E-state index in [2.05, 4.69) is 20.6 Å². The highest BCUT2D eigenvalue weighted by Crippen LogP contribution is 2.44. The number of rotatable bonds is 5. The van der Waals surface area contributed by atoms with Gasteiger partial charge in [-0.3, -0.25) is 14.6 Å². The zero-order valence-corrected chi connectivity index (χ0v) is 20.8. The van der Waals surface area contributed by atoms with Gasteiger partial charge in [-0.15, -0.1) is 0 Å². The van der Waals surface area contributed by atoms with Gasteiger partial charge in [0.25, 0.3) is 5.91 Å². The number of nitrogens with one attached hydrogen (secondary N) is 2. The molecule has 1 fully saturated rings. The maximum atomic E-state index is 12.6. The van der Waals surface area contributed by atoms with Gasteiger partial charge < -0.3 is 26.0 Å². The molecule has 0 radical (unpaired) electrons. The number of hydrogen-bond donors (Lipinski definition) is 3. The van der Waals surface area contributed by atoms with Gasteiger partial charge >= 0.3 is 0 Å². The van der Waals surface area contributed by atoms with Crippen molar-refractivity contribution in [3.8, 4) is 16.9 Å². The van der Waals surface area contributed by atoms with E-state index in [1.54, 1.807) is 42.7 Å². The third kappa shape index (κ3) is 4.50. The Morgan fingerprint density at radius 3 is 2.63 bits per heavy atom. The standard InChI is InChI=1S/C29H26N6O3/c1-17-24-13-27(33-20-11-21(15-31-14-20)34-29(37)18-4-6-19(30)7-5-18)32-16-25(24)23-9-8-22(12-26(23)38-17)35-10-2-3-28(35)36/h4-9,11-17H,2-3,10,30H2,1H3,(H,32,33)(H,34,37). The zero-order valence-electron chi connectivity index (χ0n) is 20.8. The number of benzene rings is 2. The molecule has 0 aliphatic carbocycles. The molecule has 2 aromatic carbocycles. The lowest BCUT2D eigenvalue weighted by atomic mass is 9.94. The van der Waals surface area contributed by atoms with Crippen LogP contribution in [0.15, 0.2) is 73.2 Å². The van der Waals surface area contributed by atoms with Crippen LogP contribution in [0.2, 0.25) is 0 Å². The lowest BCUT2D eigenvalue weighted by Gasteiger charge is -2.28. The van der Waals surface area contributed by atoms with Crippen molar-refractivity contribution in [2.75, 3.05) is 27.8 Å². The monoisotopic (exact) mass is 506 g/mol. The van der Waals surface area contributed by atoms with Crippen LogP contribution in [-0.4, -0.2) is 28.3 Å². The Balaban J connectivity index is 1.21. The first-order valence-corrected chi connectivity index (χ1v) is 12.4. The van der Waals surface area contributed by atoms with Crippen molar-refractivity contribution >= 4 is 40.4 Å². The molecule has 190 valence electrons. The molecule has 2 aliphatic rings. The number of anilines is 5. The molecule has 9 heteroatoms. The molecule has 38 heavy (non-hydrogen) atoms. The molecular formula is C29H26N6O3. The molecule has 1 saturated heterocycles. The fourth-order valence-corrected chi connectivity index (χ4v) is 4.84. The topological polar surface area (TPSA) is 122 Å². The maximum absolute atomic E-state index is 12.6. The van der Waals surface area contributed by atoms with Crippen molar-refractivity contribution in [1.82, 2.24) is 9.97 Å². The Kier molecular flexibility index (Phi) is 5.88. The lowest BCUT2D eigenvalue weighted by molar-refractivity contribution is -0.117. The second kappa shape index (κ2) is 9.51. The van der Waals surface area contributed by atoms with Gasteiger partial charge in [-0.25, -0.2) is 4.98 Å². The molecule has 1 atom stereocenters. The minimum atomic E-state index is -0.252. The van der Waals surface area contributed by atoms with Crippen LogP contribution >= 0.6 is 0 Å². The van der Waals surface area contributed by atoms with E-state index in [4.69, 9.17) is 10.5 Å². The summed E-state index contributed by atoms with van der Waals surface area (Å²) >= 11 is 0. The molecule has 4 heterocycles. The number of nitrogens with zero attached hydrogens (tertiary/aromatic N) is 3. The van der Waals surface area contributed by atoms with Crippen LogP contribution in [0.1, 0.15) is 41.8 Å². The third-order valence-electron chi connectivity index (χ3n) is 6.76. The van der Waals surface area contributed by atoms with E-state index < -0.39 is 0 Å². The molecule has 9 nitrogen and oxygen atoms in total. The molecule has 2 aliphatic heterocycles. The molecular weight excluding hydrogens is 480 g/mol. The highest BCUT2D eigenvalue weighted by Gasteiger charge is 2.27. The summed E-state index contributed by atoms with van der Waals surface area (Å²) in [7, 11) is 0. The van der Waals surface area contributed by atoms with Gasteiger partial charge in [-0.1, -0.05) is 0 Å². The number of fused-ring (bicyclic) bond motifs is 3. The van der Waals surface area contributed by atoms with Gasteiger partial charge in [0, 0.05) is 58.9 Å². The van der Waals surface area contributed by atoms with Gasteiger partial charge in [-0.05, 0) is 61.9 Å². The average molecular weight is 507 g/mol. The number of hydrogen-bond acceptors (Lipinski definition) is 7. The Labute approximate surface area is 219 Å². The molecule has 4 aromatic rings. The summed E-state index contributed by atoms with van der Waals surface area (Å²) < 4.78 is 6.25. The fourth-order valence-electron chi connectivity index (χ4n) is 4.84. The van der Waals surface area contributed by atoms with E-state index in [0.29, 0.717) is 34.9 Å². The number of ether oxygens (including phenoxy) is 1. The zero-order chi connectivity index (χ0) is 26.2. The highest BCUT2D eigenvalue weighted by molar-refractivity contribution is 6.04. The summed E-state index contributed by atoms with van der Waals surface area (Å²) in [5.74, 6) is 1.27. The predicted octanol–water partition coefficient (Wildman–Crippen LogP) is 5.30. The molecule has 0 saturated carbocycles. The Hall–Kier alpha value is -4.92. The van der Waals surface area contributed by atoms with Crippen molar-refractivity contribution in [2.24, 2.45) is 0 Å². The maximum Gasteiger partial charge on any atom is 0.255 e. The van der Waals surface area contributed by atoms with Crippen LogP contribution in [0.3, 0.4) is 0 Å². The van der Waals surface area contributed by atoms with Crippen LogP contribution < -0.4 is 26.0 Å². The second-order valence-corrected chi connectivity index (χ2v) is 9.41. The highest BCUT2D eigenvalue weighted by atomic mass is 16.5. The average Bonchev–Trinajstić information content (AvgIpc) is 3.35. The number of carbonyl (C=O) groups excluding carboxylic acids is 2. The minimum absolute atomic E-state index is 0.148. The smallest absolute Gasteiger partial charge is 0.255 e. The molecule has 0 bridgehead atoms. The van der Waals surface area contributed by atoms with Gasteiger partial charge in [0.15, 0.2) is 0 Å². The van der Waals surface area contributed by atoms with E-state index in [9.17, 15) is 9.59 Å². The molecule has 2 aromatic heterocycles. The molecule has 6 rings (SSSR count). The van der Waals surface area contributed by atoms with Crippen LogP contribution in [0.4, 0.5) is 28.6 Å². The van der Waals surface area contributed by atoms with Crippen LogP contribution in [0.25, 0.3) is 11.1 Å². The summed E-state index contributed by atoms with van der Waals surface area (Å²) in [5, 5.41) is 6.12. The summed E-state index contributed by atoms with van der Waals surface area (Å²) in [6.07, 6.45) is 6.34. The van der Waals surface area contributed by atoms with Gasteiger partial charge in [0.2, 0.25) is 5.91 Å². The Morgan fingerprint density at radius 1 is 1.03 bits per heavy atom. The van der Waals surface area contributed by atoms with Crippen molar-refractivity contribution in [3.63, 3.8) is 0 Å². The van der Waals surface area contributed by atoms with E-state index >= 15 is 0 Å². The van der Waals surface area contributed by atoms with Gasteiger partial charge in [-0.2, -0.15) is 0 Å². The van der Waals surface area contributed by atoms with Gasteiger partial charge in [0.05, 0.1) is 23.8 Å². The number of carbonyl (C=O) groups is 2. The van der Waals surface area contributed by atoms with Crippen molar-refractivity contribution in [3.05, 3.63) is 84.3 Å². The van der Waals surface area contributed by atoms with E-state index in [1.165, 1.54) is 0 Å². The number of nitrogen functional groups attached to an aromatic ring is 1. The minimum Gasteiger partial charge on any atom is -0.485 e. The SMILES string of the molecule is CC1Oc2cc(N3CCCC3=O)ccc2-c2cnc(Nc3cncc(NC(=O)c4ccc(N)cc4)c3)cc21. The van der Waals surface area contributed by atoms with Crippen molar-refractivity contribution in [1.29, 1.82) is 0 Å². The summed E-state index contributed by atoms with van der Waals surface area (Å²) in [5.41, 5.74) is 11.8. The number of amides is 2. The van der Waals surface area contributed by atoms with Crippen LogP contribution in [-0.2, 0) is 4.79 Å². The first kappa shape index (κ1) is 23.5. The second-order valence-electron chi connectivity index (χ2n) is 9.41. The van der Waals surface area contributed by atoms with E-state index in [0.717, 1.165) is 41.1 Å². The van der Waals surface area contributed by atoms with E-state index in [1.807, 2.05) is 42.3 Å². The summed E-state index contributed by atoms with van der Waals surface area (Å²) in [6, 6.07) is 16.4. The predicted molar refractivity (Wildman–Crippen MR) is 147 cm³/mol. The van der Waals surface area contributed by atoms with Crippen molar-refractivity contribution < 1.29 is 14.3 Å². The number of nitrogens with two attached hydrogens (primary N) is 1. The molecule has 4 N–H and O–H groups in total. The van der Waals surface area contributed by atoms with E-state index in [-0.39, 0.29) is 17.9 Å². The normalized spacial score (nSPS) is 15.9. The van der Waals surface area contributed by atoms with Crippen molar-refractivity contribution in [2.45, 2.75) is 25.9 Å². The lowest BCUT2D eigenvalue weighted by Crippen LogP contribution is -2.24. The first-order valence-electron chi connectivity index (χ1n) is 12.4. The van der Waals surface area contributed by atoms with Crippen LogP contribution in [0, 0.1) is 0 Å².